The molecule has 1 aliphatic carbocycles. The number of halogens is 2. The third-order valence-corrected chi connectivity index (χ3v) is 6.09. The number of nitrogens with zero attached hydrogens (tertiary/aromatic N) is 2. The van der Waals surface area contributed by atoms with Crippen molar-refractivity contribution in [1.29, 1.82) is 0 Å². The van der Waals surface area contributed by atoms with E-state index in [1.54, 1.807) is 18.2 Å². The fourth-order valence-electron chi connectivity index (χ4n) is 4.70. The van der Waals surface area contributed by atoms with Gasteiger partial charge in [-0.2, -0.15) is 13.8 Å². The molecule has 4 rings (SSSR count). The molecule has 0 radical (unpaired) electrons. The number of carbonyl (C=O) groups excluding carboxylic acids is 1. The maximum atomic E-state index is 13.1. The molecule has 1 aromatic carbocycles. The number of aromatic nitrogens is 1. The van der Waals surface area contributed by atoms with Gasteiger partial charge in [-0.05, 0) is 43.0 Å². The van der Waals surface area contributed by atoms with Crippen LogP contribution in [0.1, 0.15) is 48.8 Å². The minimum absolute atomic E-state index is 0.0939. The van der Waals surface area contributed by atoms with E-state index in [4.69, 9.17) is 28.7 Å². The van der Waals surface area contributed by atoms with Crippen molar-refractivity contribution in [1.82, 2.24) is 4.98 Å². The monoisotopic (exact) mass is 476 g/mol. The van der Waals surface area contributed by atoms with E-state index >= 15 is 0 Å². The number of alkyl halides is 2. The van der Waals surface area contributed by atoms with Crippen LogP contribution >= 0.6 is 0 Å². The molecule has 1 aliphatic heterocycles. The summed E-state index contributed by atoms with van der Waals surface area (Å²) >= 11 is 0. The van der Waals surface area contributed by atoms with Gasteiger partial charge in [-0.1, -0.05) is 0 Å². The fraction of sp³-hybridized carbons (Fsp3) is 0.458. The average Bonchev–Trinajstić information content (AvgIpc) is 2.82. The van der Waals surface area contributed by atoms with Crippen LogP contribution < -0.4 is 18.9 Å². The molecule has 2 aromatic rings. The second-order valence-electron chi connectivity index (χ2n) is 8.08. The lowest BCUT2D eigenvalue weighted by molar-refractivity contribution is -0.148. The highest BCUT2D eigenvalue weighted by Gasteiger charge is 2.39. The summed E-state index contributed by atoms with van der Waals surface area (Å²) in [5.41, 5.74) is 2.60. The Bertz CT molecular complexity index is 1110. The van der Waals surface area contributed by atoms with Crippen molar-refractivity contribution in [2.45, 2.75) is 50.9 Å². The topological polar surface area (TPSA) is 88.5 Å². The van der Waals surface area contributed by atoms with E-state index in [-0.39, 0.29) is 35.5 Å². The van der Waals surface area contributed by atoms with Gasteiger partial charge < -0.3 is 23.7 Å². The molecule has 3 unspecified atom stereocenters. The van der Waals surface area contributed by atoms with Crippen LogP contribution in [-0.4, -0.2) is 56.8 Å². The number of fused-ring (bicyclic) bond motifs is 3. The number of ether oxygens (including phenoxy) is 5. The van der Waals surface area contributed by atoms with E-state index in [0.717, 1.165) is 5.56 Å². The summed E-state index contributed by atoms with van der Waals surface area (Å²) in [7, 11) is 4.39. The predicted octanol–water partition coefficient (Wildman–Crippen LogP) is 4.13. The Hall–Kier alpha value is -3.43. The van der Waals surface area contributed by atoms with Gasteiger partial charge in [-0.25, -0.2) is 0 Å². The van der Waals surface area contributed by atoms with Gasteiger partial charge in [0, 0.05) is 24.5 Å². The van der Waals surface area contributed by atoms with E-state index in [2.05, 4.69) is 4.98 Å². The molecule has 1 fully saturated rings. The highest BCUT2D eigenvalue weighted by atomic mass is 19.3. The van der Waals surface area contributed by atoms with E-state index in [1.807, 2.05) is 0 Å². The van der Waals surface area contributed by atoms with Gasteiger partial charge in [0.2, 0.25) is 11.8 Å². The van der Waals surface area contributed by atoms with E-state index in [9.17, 15) is 13.6 Å². The van der Waals surface area contributed by atoms with Crippen molar-refractivity contribution in [3.05, 3.63) is 41.0 Å². The van der Waals surface area contributed by atoms with Gasteiger partial charge in [0.05, 0.1) is 38.6 Å². The number of pyridine rings is 1. The molecule has 0 N–H and O–H groups in total. The van der Waals surface area contributed by atoms with Crippen LogP contribution in [0.5, 0.6) is 23.3 Å². The standard InChI is InChI=1S/C24H26F2N2O6/c1-12(29)33-13-5-7-18-16(9-13)15-10-19(30-2)20(34-24(25)26)11-17(15)22(27-18)14-6-8-21(31-3)28-23(14)32-4/h6,8,10-11,13,16,18,24H,5,7,9H2,1-4H3. The lowest BCUT2D eigenvalue weighted by atomic mass is 9.74. The summed E-state index contributed by atoms with van der Waals surface area (Å²) in [4.78, 5) is 20.9. The number of esters is 1. The number of aliphatic imine (C=N–C) groups is 1. The molecular weight excluding hydrogens is 450 g/mol. The first-order valence-corrected chi connectivity index (χ1v) is 10.9. The molecule has 0 amide bonds. The highest BCUT2D eigenvalue weighted by molar-refractivity contribution is 6.16. The first-order chi connectivity index (χ1) is 16.3. The second kappa shape index (κ2) is 9.82. The van der Waals surface area contributed by atoms with Crippen molar-refractivity contribution in [2.75, 3.05) is 21.3 Å². The molecule has 0 saturated heterocycles. The third kappa shape index (κ3) is 4.62. The van der Waals surface area contributed by atoms with Gasteiger partial charge in [0.1, 0.15) is 6.10 Å². The zero-order chi connectivity index (χ0) is 24.4. The van der Waals surface area contributed by atoms with Crippen molar-refractivity contribution >= 4 is 11.7 Å². The molecule has 8 nitrogen and oxygen atoms in total. The van der Waals surface area contributed by atoms with E-state index in [1.165, 1.54) is 34.3 Å². The Morgan fingerprint density at radius 2 is 1.82 bits per heavy atom. The number of methoxy groups -OCH3 is 3. The van der Waals surface area contributed by atoms with Gasteiger partial charge in [0.25, 0.3) is 0 Å². The first-order valence-electron chi connectivity index (χ1n) is 10.9. The zero-order valence-electron chi connectivity index (χ0n) is 19.3. The summed E-state index contributed by atoms with van der Waals surface area (Å²) in [5, 5.41) is 0. The predicted molar refractivity (Wildman–Crippen MR) is 119 cm³/mol. The normalized spacial score (nSPS) is 21.1. The third-order valence-electron chi connectivity index (χ3n) is 6.09. The summed E-state index contributed by atoms with van der Waals surface area (Å²) in [6, 6.07) is 6.57. The number of benzene rings is 1. The molecule has 2 aliphatic rings. The Morgan fingerprint density at radius 3 is 2.47 bits per heavy atom. The maximum Gasteiger partial charge on any atom is 0.387 e. The van der Waals surface area contributed by atoms with Crippen LogP contribution in [-0.2, 0) is 9.53 Å². The molecule has 0 bridgehead atoms. The quantitative estimate of drug-likeness (QED) is 0.555. The lowest BCUT2D eigenvalue weighted by Crippen LogP contribution is -2.36. The molecule has 3 atom stereocenters. The van der Waals surface area contributed by atoms with Gasteiger partial charge in [-0.15, -0.1) is 0 Å². The molecule has 1 aromatic heterocycles. The molecule has 1 saturated carbocycles. The number of hydrogen-bond donors (Lipinski definition) is 0. The molecular formula is C24H26F2N2O6. The SMILES string of the molecule is COc1ccc(C2=NC3CCC(OC(C)=O)CC3c3cc(OC)c(OC(F)F)cc32)c(OC)n1. The zero-order valence-corrected chi connectivity index (χ0v) is 19.3. The molecule has 182 valence electrons. The number of carbonyl (C=O) groups is 1. The van der Waals surface area contributed by atoms with Gasteiger partial charge in [0.15, 0.2) is 11.5 Å². The van der Waals surface area contributed by atoms with Crippen molar-refractivity contribution < 1.29 is 37.3 Å². The van der Waals surface area contributed by atoms with Gasteiger partial charge in [-0.3, -0.25) is 9.79 Å². The number of hydrogen-bond acceptors (Lipinski definition) is 8. The fourth-order valence-corrected chi connectivity index (χ4v) is 4.70. The second-order valence-corrected chi connectivity index (χ2v) is 8.08. The Morgan fingerprint density at radius 1 is 1.03 bits per heavy atom. The van der Waals surface area contributed by atoms with Crippen molar-refractivity contribution in [2.24, 2.45) is 4.99 Å². The Labute approximate surface area is 195 Å². The van der Waals surface area contributed by atoms with Crippen molar-refractivity contribution in [3.8, 4) is 23.3 Å². The summed E-state index contributed by atoms with van der Waals surface area (Å²) < 4.78 is 52.5. The van der Waals surface area contributed by atoms with Crippen LogP contribution in [0.2, 0.25) is 0 Å². The number of rotatable bonds is 7. The smallest absolute Gasteiger partial charge is 0.387 e. The van der Waals surface area contributed by atoms with Crippen LogP contribution in [0.4, 0.5) is 8.78 Å². The molecule has 34 heavy (non-hydrogen) atoms. The Balaban J connectivity index is 1.87. The largest absolute Gasteiger partial charge is 0.493 e. The van der Waals surface area contributed by atoms with Gasteiger partial charge >= 0.3 is 12.6 Å². The summed E-state index contributed by atoms with van der Waals surface area (Å²) in [5.74, 6) is 0.319. The molecule has 10 heteroatoms. The van der Waals surface area contributed by atoms with Crippen LogP contribution in [0.25, 0.3) is 0 Å². The molecule has 2 heterocycles. The molecule has 0 spiro atoms. The Kier molecular flexibility index (Phi) is 6.85. The van der Waals surface area contributed by atoms with Crippen LogP contribution in [0.15, 0.2) is 29.3 Å². The van der Waals surface area contributed by atoms with Crippen LogP contribution in [0.3, 0.4) is 0 Å². The minimum atomic E-state index is -3.02. The maximum absolute atomic E-state index is 13.1. The van der Waals surface area contributed by atoms with Crippen molar-refractivity contribution in [3.63, 3.8) is 0 Å². The summed E-state index contributed by atoms with van der Waals surface area (Å²) in [6.45, 7) is -1.64. The summed E-state index contributed by atoms with van der Waals surface area (Å²) in [6.07, 6.45) is 1.68. The average molecular weight is 476 g/mol. The lowest BCUT2D eigenvalue weighted by Gasteiger charge is -2.38. The van der Waals surface area contributed by atoms with E-state index < -0.39 is 6.61 Å². The highest BCUT2D eigenvalue weighted by Crippen LogP contribution is 2.46. The first kappa shape index (κ1) is 23.7. The minimum Gasteiger partial charge on any atom is -0.493 e. The van der Waals surface area contributed by atoms with E-state index in [0.29, 0.717) is 47.9 Å². The van der Waals surface area contributed by atoms with Crippen LogP contribution in [0, 0.1) is 0 Å².